The number of aromatic nitrogens is 2. The molecule has 0 radical (unpaired) electrons. The number of ether oxygens (including phenoxy) is 5. The molecule has 6 heterocycles. The number of nitrogens with zero attached hydrogens (tertiary/aromatic N) is 5. The summed E-state index contributed by atoms with van der Waals surface area (Å²) in [4.78, 5) is 71.5. The molecule has 0 saturated carbocycles. The second-order valence-corrected chi connectivity index (χ2v) is 22.5. The van der Waals surface area contributed by atoms with E-state index in [-0.39, 0.29) is 35.1 Å². The van der Waals surface area contributed by atoms with Crippen molar-refractivity contribution in [3.8, 4) is 23.0 Å². The Balaban J connectivity index is 0.000000198. The van der Waals surface area contributed by atoms with Crippen LogP contribution in [-0.4, -0.2) is 138 Å². The molecule has 432 valence electrons. The van der Waals surface area contributed by atoms with Gasteiger partial charge in [-0.2, -0.15) is 0 Å². The van der Waals surface area contributed by atoms with Gasteiger partial charge in [0.2, 0.25) is 0 Å². The van der Waals surface area contributed by atoms with Gasteiger partial charge in [0.1, 0.15) is 32.0 Å². The first-order valence-electron chi connectivity index (χ1n) is 28.8. The summed E-state index contributed by atoms with van der Waals surface area (Å²) >= 11 is 0. The maximum Gasteiger partial charge on any atom is 0.410 e. The number of rotatable bonds is 16. The van der Waals surface area contributed by atoms with Crippen LogP contribution < -0.4 is 46.0 Å². The Morgan fingerprint density at radius 3 is 1.52 bits per heavy atom. The number of hydrogen-bond donors (Lipinski definition) is 3. The van der Waals surface area contributed by atoms with Gasteiger partial charge < -0.3 is 63.5 Å². The third-order valence-corrected chi connectivity index (χ3v) is 15.4. The van der Waals surface area contributed by atoms with Gasteiger partial charge in [-0.25, -0.2) is 4.79 Å². The average Bonchev–Trinajstić information content (AvgIpc) is 3.66. The van der Waals surface area contributed by atoms with E-state index in [4.69, 9.17) is 23.7 Å². The molecule has 6 aromatic rings. The Labute approximate surface area is 474 Å². The molecule has 4 aromatic carbocycles. The fourth-order valence-corrected chi connectivity index (χ4v) is 11.1. The number of benzene rings is 4. The van der Waals surface area contributed by atoms with E-state index in [2.05, 4.69) is 37.9 Å². The van der Waals surface area contributed by atoms with Crippen molar-refractivity contribution >= 4 is 39.7 Å². The first-order chi connectivity index (χ1) is 39.0. The summed E-state index contributed by atoms with van der Waals surface area (Å²) in [7, 11) is 0. The first-order valence-corrected chi connectivity index (χ1v) is 28.8. The van der Waals surface area contributed by atoms with Crippen molar-refractivity contribution in [2.45, 2.75) is 118 Å². The summed E-state index contributed by atoms with van der Waals surface area (Å²) in [6.07, 6.45) is 3.38. The van der Waals surface area contributed by atoms with Crippen LogP contribution in [0.2, 0.25) is 0 Å². The highest BCUT2D eigenvalue weighted by molar-refractivity contribution is 6.07. The molecule has 3 amide bonds. The van der Waals surface area contributed by atoms with Crippen LogP contribution in [0.5, 0.6) is 23.0 Å². The number of hydrogen-bond acceptors (Lipinski definition) is 13. The van der Waals surface area contributed by atoms with Gasteiger partial charge >= 0.3 is 6.09 Å². The lowest BCUT2D eigenvalue weighted by molar-refractivity contribution is 0.00560. The van der Waals surface area contributed by atoms with Crippen molar-refractivity contribution in [2.24, 2.45) is 0 Å². The monoisotopic (exact) mass is 1110 g/mol. The van der Waals surface area contributed by atoms with Crippen molar-refractivity contribution in [1.82, 2.24) is 39.8 Å². The molecule has 2 saturated heterocycles. The Hall–Kier alpha value is -7.41. The standard InChI is InChI=1S/C34H44N4O6.C29H36N4O4/c1-6-35-32(40)27-21-31(39)37(28-19-23(2)7-9-26(27)28)16-15-36-13-11-25(12-14-36)38(33(41)44-34(3,4)5)22-24-8-10-29-30(20-24)43-18-17-42-29;1-3-30-29(35)24-18-28(34)33(25-16-20(2)4-6-23(24)25)13-12-32-10-8-22(9-11-32)31-19-21-5-7-26-27(17-21)37-15-14-36-26/h7-10,19-21,25H,6,11-18,22H2,1-5H3,(H,35,40);4-7,16-18,22,31H,3,8-15,19H2,1-2H3,(H,30,35). The molecule has 10 rings (SSSR count). The molecular formula is C63H80N8O10. The molecule has 81 heavy (non-hydrogen) atoms. The molecule has 0 atom stereocenters. The predicted molar refractivity (Wildman–Crippen MR) is 314 cm³/mol. The van der Waals surface area contributed by atoms with Gasteiger partial charge in [-0.3, -0.25) is 19.2 Å². The molecule has 0 spiro atoms. The van der Waals surface area contributed by atoms with Crippen molar-refractivity contribution in [1.29, 1.82) is 0 Å². The van der Waals surface area contributed by atoms with Crippen LogP contribution in [0.15, 0.2) is 94.5 Å². The summed E-state index contributed by atoms with van der Waals surface area (Å²) in [5.74, 6) is 2.63. The second-order valence-electron chi connectivity index (χ2n) is 22.5. The molecule has 0 unspecified atom stereocenters. The highest BCUT2D eigenvalue weighted by atomic mass is 16.6. The number of pyridine rings is 2. The van der Waals surface area contributed by atoms with Crippen LogP contribution in [-0.2, 0) is 30.9 Å². The fourth-order valence-electron chi connectivity index (χ4n) is 11.1. The molecule has 0 aliphatic carbocycles. The lowest BCUT2D eigenvalue weighted by atomic mass is 10.0. The van der Waals surface area contributed by atoms with Crippen LogP contribution in [0.3, 0.4) is 0 Å². The smallest absolute Gasteiger partial charge is 0.410 e. The van der Waals surface area contributed by atoms with Gasteiger partial charge in [-0.15, -0.1) is 0 Å². The van der Waals surface area contributed by atoms with Gasteiger partial charge in [0.15, 0.2) is 23.0 Å². The minimum atomic E-state index is -0.607. The molecule has 18 heteroatoms. The van der Waals surface area contributed by atoms with Crippen LogP contribution in [0, 0.1) is 13.8 Å². The second kappa shape index (κ2) is 26.5. The van der Waals surface area contributed by atoms with Crippen LogP contribution >= 0.6 is 0 Å². The quantitative estimate of drug-likeness (QED) is 0.0853. The predicted octanol–water partition coefficient (Wildman–Crippen LogP) is 7.82. The molecule has 2 aromatic heterocycles. The summed E-state index contributed by atoms with van der Waals surface area (Å²) in [6.45, 7) is 24.0. The SMILES string of the molecule is CCNC(=O)c1cc(=O)n(CCN2CCC(N(Cc3ccc4c(c3)OCCO4)C(=O)OC(C)(C)C)CC2)c2cc(C)ccc12.CCNC(=O)c1cc(=O)n(CCN2CCC(NCc3ccc4c(c3)OCCO4)CC2)c2cc(C)ccc12. The lowest BCUT2D eigenvalue weighted by Gasteiger charge is -2.39. The summed E-state index contributed by atoms with van der Waals surface area (Å²) < 4.78 is 32.2. The zero-order valence-corrected chi connectivity index (χ0v) is 48.2. The van der Waals surface area contributed by atoms with Crippen molar-refractivity contribution in [3.63, 3.8) is 0 Å². The highest BCUT2D eigenvalue weighted by Gasteiger charge is 2.32. The summed E-state index contributed by atoms with van der Waals surface area (Å²) in [5.41, 5.74) is 5.78. The number of carbonyl (C=O) groups excluding carboxylic acids is 3. The van der Waals surface area contributed by atoms with Crippen molar-refractivity contribution in [3.05, 3.63) is 139 Å². The first kappa shape index (κ1) is 58.3. The normalized spacial score (nSPS) is 15.9. The number of likely N-dealkylation sites (tertiary alicyclic amines) is 2. The highest BCUT2D eigenvalue weighted by Crippen LogP contribution is 2.33. The van der Waals surface area contributed by atoms with Gasteiger partial charge in [0, 0.05) is 100 Å². The molecule has 2 fully saturated rings. The molecule has 4 aliphatic rings. The van der Waals surface area contributed by atoms with E-state index in [1.807, 2.05) is 119 Å². The molecule has 0 bridgehead atoms. The van der Waals surface area contributed by atoms with E-state index < -0.39 is 5.60 Å². The lowest BCUT2D eigenvalue weighted by Crippen LogP contribution is -2.49. The van der Waals surface area contributed by atoms with Gasteiger partial charge in [-0.1, -0.05) is 36.4 Å². The fraction of sp³-hybridized carbons (Fsp3) is 0.476. The summed E-state index contributed by atoms with van der Waals surface area (Å²) in [6, 6.07) is 27.2. The minimum absolute atomic E-state index is 0.0110. The van der Waals surface area contributed by atoms with E-state index in [0.717, 1.165) is 121 Å². The number of piperidine rings is 2. The Morgan fingerprint density at radius 2 is 1.04 bits per heavy atom. The number of carbonyl (C=O) groups is 3. The van der Waals surface area contributed by atoms with Crippen LogP contribution in [0.25, 0.3) is 21.8 Å². The van der Waals surface area contributed by atoms with Crippen LogP contribution in [0.1, 0.15) is 103 Å². The Kier molecular flexibility index (Phi) is 19.0. The number of nitrogens with one attached hydrogen (secondary N) is 3. The topological polar surface area (TPSA) is 187 Å². The molecule has 4 aliphatic heterocycles. The molecule has 18 nitrogen and oxygen atoms in total. The third-order valence-electron chi connectivity index (χ3n) is 15.4. The number of amides is 3. The zero-order chi connectivity index (χ0) is 57.2. The van der Waals surface area contributed by atoms with Crippen molar-refractivity contribution in [2.75, 3.05) is 78.8 Å². The Bertz CT molecular complexity index is 3330. The number of fused-ring (bicyclic) bond motifs is 4. The zero-order valence-electron chi connectivity index (χ0n) is 48.2. The average molecular weight is 1110 g/mol. The van der Waals surface area contributed by atoms with Crippen molar-refractivity contribution < 1.29 is 38.1 Å². The summed E-state index contributed by atoms with van der Waals surface area (Å²) in [5, 5.41) is 10.9. The van der Waals surface area contributed by atoms with E-state index in [1.165, 1.54) is 17.7 Å². The van der Waals surface area contributed by atoms with Gasteiger partial charge in [0.05, 0.1) is 22.2 Å². The van der Waals surface area contributed by atoms with E-state index in [1.54, 1.807) is 4.57 Å². The van der Waals surface area contributed by atoms with E-state index in [0.29, 0.717) is 88.6 Å². The van der Waals surface area contributed by atoms with Gasteiger partial charge in [-0.05, 0) is 146 Å². The number of aryl methyl sites for hydroxylation is 2. The maximum atomic E-state index is 13.4. The van der Waals surface area contributed by atoms with E-state index >= 15 is 0 Å². The minimum Gasteiger partial charge on any atom is -0.486 e. The van der Waals surface area contributed by atoms with E-state index in [9.17, 15) is 24.0 Å². The molecule has 3 N–H and O–H groups in total. The largest absolute Gasteiger partial charge is 0.486 e. The third kappa shape index (κ3) is 14.8. The molecular weight excluding hydrogens is 1030 g/mol. The Morgan fingerprint density at radius 1 is 0.580 bits per heavy atom. The maximum absolute atomic E-state index is 13.4. The van der Waals surface area contributed by atoms with Crippen LogP contribution in [0.4, 0.5) is 4.79 Å². The van der Waals surface area contributed by atoms with Gasteiger partial charge in [0.25, 0.3) is 22.9 Å².